The number of anilines is 2. The van der Waals surface area contributed by atoms with E-state index in [4.69, 9.17) is 4.74 Å². The van der Waals surface area contributed by atoms with Gasteiger partial charge in [0.15, 0.2) is 0 Å². The Hall–Kier alpha value is -3.55. The van der Waals surface area contributed by atoms with Gasteiger partial charge in [0.2, 0.25) is 6.36 Å². The summed E-state index contributed by atoms with van der Waals surface area (Å²) in [5.41, 5.74) is 2.87. The van der Waals surface area contributed by atoms with E-state index in [2.05, 4.69) is 32.1 Å². The Kier molecular flexibility index (Phi) is 6.58. The van der Waals surface area contributed by atoms with Crippen molar-refractivity contribution in [1.82, 2.24) is 4.98 Å². The molecule has 2 unspecified atom stereocenters. The summed E-state index contributed by atoms with van der Waals surface area (Å²) < 4.78 is 18.0. The monoisotopic (exact) mass is 435 g/mol. The Morgan fingerprint density at radius 1 is 1.28 bits per heavy atom. The number of aliphatic imine (C=N–C) groups is 2. The number of alkyl halides is 1. The number of nitrogens with zero attached hydrogens (tertiary/aromatic N) is 4. The predicted molar refractivity (Wildman–Crippen MR) is 125 cm³/mol. The molecular formula is C24H26FN5O2. The van der Waals surface area contributed by atoms with Crippen LogP contribution in [0.2, 0.25) is 0 Å². The van der Waals surface area contributed by atoms with Gasteiger partial charge in [-0.3, -0.25) is 4.79 Å². The number of halogens is 1. The maximum Gasteiger partial charge on any atom is 0.257 e. The van der Waals surface area contributed by atoms with Crippen molar-refractivity contribution in [3.8, 4) is 5.75 Å². The molecule has 1 aromatic carbocycles. The fourth-order valence-electron chi connectivity index (χ4n) is 3.80. The van der Waals surface area contributed by atoms with Crippen molar-refractivity contribution in [2.24, 2.45) is 15.9 Å². The number of nitrogens with one attached hydrogen (secondary N) is 1. The Labute approximate surface area is 186 Å². The second-order valence-corrected chi connectivity index (χ2v) is 8.03. The number of hydrogen-bond acceptors (Lipinski definition) is 6. The third kappa shape index (κ3) is 5.19. The highest BCUT2D eigenvalue weighted by Gasteiger charge is 2.24. The Bertz CT molecular complexity index is 1060. The molecule has 7 nitrogen and oxygen atoms in total. The molecule has 2 aliphatic heterocycles. The molecule has 0 spiro atoms. The van der Waals surface area contributed by atoms with Crippen LogP contribution in [-0.4, -0.2) is 42.9 Å². The molecule has 32 heavy (non-hydrogen) atoms. The van der Waals surface area contributed by atoms with Crippen LogP contribution in [0.25, 0.3) is 5.57 Å². The quantitative estimate of drug-likeness (QED) is 0.712. The molecule has 2 aliphatic rings. The topological polar surface area (TPSA) is 79.2 Å². The van der Waals surface area contributed by atoms with Crippen LogP contribution >= 0.6 is 0 Å². The lowest BCUT2D eigenvalue weighted by molar-refractivity contribution is 0.0860. The van der Waals surface area contributed by atoms with E-state index < -0.39 is 6.36 Å². The molecule has 1 fully saturated rings. The van der Waals surface area contributed by atoms with Crippen LogP contribution < -0.4 is 15.0 Å². The molecule has 2 aromatic rings. The third-order valence-corrected chi connectivity index (χ3v) is 5.39. The highest BCUT2D eigenvalue weighted by Crippen LogP contribution is 2.32. The van der Waals surface area contributed by atoms with Crippen molar-refractivity contribution >= 4 is 35.5 Å². The zero-order chi connectivity index (χ0) is 22.5. The smallest absolute Gasteiger partial charge is 0.257 e. The van der Waals surface area contributed by atoms with Crippen LogP contribution in [0, 0.1) is 5.92 Å². The summed E-state index contributed by atoms with van der Waals surface area (Å²) in [6, 6.07) is 8.43. The van der Waals surface area contributed by atoms with E-state index in [1.165, 1.54) is 13.3 Å². The average molecular weight is 436 g/mol. The van der Waals surface area contributed by atoms with E-state index in [0.717, 1.165) is 36.5 Å². The molecule has 1 N–H and O–H groups in total. The van der Waals surface area contributed by atoms with E-state index in [1.54, 1.807) is 42.9 Å². The number of carbonyl (C=O) groups is 1. The van der Waals surface area contributed by atoms with E-state index in [1.807, 2.05) is 6.07 Å². The van der Waals surface area contributed by atoms with Gasteiger partial charge in [0.1, 0.15) is 17.9 Å². The summed E-state index contributed by atoms with van der Waals surface area (Å²) in [4.78, 5) is 28.2. The van der Waals surface area contributed by atoms with Gasteiger partial charge in [0.25, 0.3) is 5.91 Å². The lowest BCUT2D eigenvalue weighted by Crippen LogP contribution is -2.23. The van der Waals surface area contributed by atoms with Crippen LogP contribution in [0.1, 0.15) is 42.6 Å². The van der Waals surface area contributed by atoms with Gasteiger partial charge in [-0.1, -0.05) is 6.92 Å². The van der Waals surface area contributed by atoms with E-state index >= 15 is 0 Å². The minimum Gasteiger partial charge on any atom is -0.461 e. The summed E-state index contributed by atoms with van der Waals surface area (Å²) >= 11 is 0. The van der Waals surface area contributed by atoms with Crippen molar-refractivity contribution in [2.45, 2.75) is 33.0 Å². The Morgan fingerprint density at radius 2 is 2.09 bits per heavy atom. The largest absolute Gasteiger partial charge is 0.461 e. The third-order valence-electron chi connectivity index (χ3n) is 5.39. The molecule has 4 rings (SSSR count). The van der Waals surface area contributed by atoms with Gasteiger partial charge in [0, 0.05) is 56.3 Å². The van der Waals surface area contributed by atoms with Gasteiger partial charge >= 0.3 is 0 Å². The number of carbonyl (C=O) groups excluding carboxylic acids is 1. The first kappa shape index (κ1) is 21.7. The van der Waals surface area contributed by atoms with Gasteiger partial charge in [-0.15, -0.1) is 0 Å². The normalized spacial score (nSPS) is 18.8. The molecule has 1 aromatic heterocycles. The molecule has 3 heterocycles. The molecular weight excluding hydrogens is 409 g/mol. The van der Waals surface area contributed by atoms with Gasteiger partial charge in [0.05, 0.1) is 5.56 Å². The number of rotatable bonds is 6. The summed E-state index contributed by atoms with van der Waals surface area (Å²) in [6.45, 7) is 5.41. The maximum absolute atomic E-state index is 13.0. The summed E-state index contributed by atoms with van der Waals surface area (Å²) in [6.07, 6.45) is 7.01. The summed E-state index contributed by atoms with van der Waals surface area (Å²) in [7, 11) is 0. The first-order valence-corrected chi connectivity index (χ1v) is 10.7. The summed E-state index contributed by atoms with van der Waals surface area (Å²) in [5.74, 6) is 1.58. The highest BCUT2D eigenvalue weighted by atomic mass is 19.1. The van der Waals surface area contributed by atoms with E-state index in [9.17, 15) is 9.18 Å². The maximum atomic E-state index is 13.0. The molecule has 166 valence electrons. The van der Waals surface area contributed by atoms with Crippen molar-refractivity contribution in [3.05, 3.63) is 53.9 Å². The minimum absolute atomic E-state index is 0.279. The lowest BCUT2D eigenvalue weighted by atomic mass is 10.0. The van der Waals surface area contributed by atoms with Crippen LogP contribution in [0.4, 0.5) is 15.9 Å². The van der Waals surface area contributed by atoms with Crippen LogP contribution in [0.3, 0.4) is 0 Å². The van der Waals surface area contributed by atoms with Crippen LogP contribution in [0.15, 0.2) is 52.7 Å². The molecule has 0 saturated carbocycles. The number of allylic oxidation sites excluding steroid dienone is 1. The zero-order valence-corrected chi connectivity index (χ0v) is 18.2. The van der Waals surface area contributed by atoms with Crippen LogP contribution in [0.5, 0.6) is 5.75 Å². The van der Waals surface area contributed by atoms with Gasteiger partial charge in [-0.25, -0.2) is 19.4 Å². The number of hydrogen-bond donors (Lipinski definition) is 1. The van der Waals surface area contributed by atoms with Crippen molar-refractivity contribution in [3.63, 3.8) is 0 Å². The molecule has 0 aliphatic carbocycles. The van der Waals surface area contributed by atoms with Crippen LogP contribution in [-0.2, 0) is 0 Å². The number of ether oxygens (including phenoxy) is 1. The highest BCUT2D eigenvalue weighted by molar-refractivity contribution is 6.05. The van der Waals surface area contributed by atoms with Gasteiger partial charge in [-0.05, 0) is 48.2 Å². The zero-order valence-electron chi connectivity index (χ0n) is 18.2. The first-order valence-electron chi connectivity index (χ1n) is 10.7. The fourth-order valence-corrected chi connectivity index (χ4v) is 3.80. The number of pyridine rings is 1. The number of benzene rings is 1. The van der Waals surface area contributed by atoms with Gasteiger partial charge < -0.3 is 15.0 Å². The average Bonchev–Trinajstić information content (AvgIpc) is 3.03. The molecule has 8 heteroatoms. The second-order valence-electron chi connectivity index (χ2n) is 8.03. The lowest BCUT2D eigenvalue weighted by Gasteiger charge is -2.22. The minimum atomic E-state index is -1.40. The molecule has 0 bridgehead atoms. The first-order chi connectivity index (χ1) is 15.5. The molecule has 1 amide bonds. The van der Waals surface area contributed by atoms with Crippen molar-refractivity contribution in [2.75, 3.05) is 23.3 Å². The second kappa shape index (κ2) is 9.72. The van der Waals surface area contributed by atoms with E-state index in [0.29, 0.717) is 29.3 Å². The van der Waals surface area contributed by atoms with Crippen molar-refractivity contribution < 1.29 is 13.9 Å². The fraction of sp³-hybridized carbons (Fsp3) is 0.333. The predicted octanol–water partition coefficient (Wildman–Crippen LogP) is 4.72. The van der Waals surface area contributed by atoms with E-state index in [-0.39, 0.29) is 5.91 Å². The SMILES string of the molecule is CC1CCN(c2ncc(C(=O)Nc3ccc(OC(C)F)cc3)cc2C2=CN=CN=CC2)C1. The number of aromatic nitrogens is 1. The van der Waals surface area contributed by atoms with Crippen molar-refractivity contribution in [1.29, 1.82) is 0 Å². The molecule has 2 atom stereocenters. The van der Waals surface area contributed by atoms with Gasteiger partial charge in [-0.2, -0.15) is 0 Å². The standard InChI is InChI=1S/C24H26FN5O2/c1-16-8-10-30(14-16)23-22(18-7-9-26-15-27-12-18)11-19(13-28-23)24(31)29-20-3-5-21(6-4-20)32-17(2)25/h3-6,9,11-13,15-17H,7-8,10,14H2,1-2H3,(H,29,31). The molecule has 1 saturated heterocycles. The summed E-state index contributed by atoms with van der Waals surface area (Å²) in [5, 5.41) is 2.86. The Balaban J connectivity index is 1.59. The number of amides is 1. The Morgan fingerprint density at radius 3 is 2.81 bits per heavy atom. The molecule has 0 radical (unpaired) electrons.